The molecule has 4 N–H and O–H groups in total. The average Bonchev–Trinajstić information content (AvgIpc) is 2.19. The number of rotatable bonds is 6. The fourth-order valence-electron chi connectivity index (χ4n) is 2.85. The van der Waals surface area contributed by atoms with Gasteiger partial charge in [0, 0.05) is 0 Å². The summed E-state index contributed by atoms with van der Waals surface area (Å²) in [6.07, 6.45) is 0.586. The number of nitrogens with two attached hydrogens (primary N) is 2. The number of primary amides is 1. The van der Waals surface area contributed by atoms with Crippen molar-refractivity contribution in [3.05, 3.63) is 0 Å². The summed E-state index contributed by atoms with van der Waals surface area (Å²) >= 11 is 0. The van der Waals surface area contributed by atoms with Gasteiger partial charge < -0.3 is 16.2 Å². The SMILES string of the molecule is CC(C)(C)C(CCOC(=O)C(N)CC(N)=O)C(C)(C)C. The van der Waals surface area contributed by atoms with Crippen LogP contribution in [0.2, 0.25) is 0 Å². The maximum atomic E-state index is 11.6. The van der Waals surface area contributed by atoms with E-state index < -0.39 is 17.9 Å². The smallest absolute Gasteiger partial charge is 0.323 e. The predicted octanol–water partition coefficient (Wildman–Crippen LogP) is 1.83. The molecule has 0 aromatic rings. The van der Waals surface area contributed by atoms with Gasteiger partial charge in [-0.2, -0.15) is 0 Å². The van der Waals surface area contributed by atoms with Gasteiger partial charge in [-0.05, 0) is 23.2 Å². The molecular formula is C15H30N2O3. The van der Waals surface area contributed by atoms with E-state index in [2.05, 4.69) is 41.5 Å². The highest BCUT2D eigenvalue weighted by Gasteiger charge is 2.34. The molecule has 0 bridgehead atoms. The average molecular weight is 286 g/mol. The minimum atomic E-state index is -0.963. The van der Waals surface area contributed by atoms with Crippen molar-refractivity contribution in [2.45, 2.75) is 60.4 Å². The van der Waals surface area contributed by atoms with Crippen molar-refractivity contribution >= 4 is 11.9 Å². The molecular weight excluding hydrogens is 256 g/mol. The van der Waals surface area contributed by atoms with E-state index in [1.54, 1.807) is 0 Å². The highest BCUT2D eigenvalue weighted by atomic mass is 16.5. The molecule has 0 aliphatic heterocycles. The van der Waals surface area contributed by atoms with Gasteiger partial charge in [0.15, 0.2) is 0 Å². The Balaban J connectivity index is 4.39. The van der Waals surface area contributed by atoms with Crippen molar-refractivity contribution in [1.29, 1.82) is 0 Å². The van der Waals surface area contributed by atoms with Crippen LogP contribution >= 0.6 is 0 Å². The molecule has 118 valence electrons. The van der Waals surface area contributed by atoms with Crippen LogP contribution in [-0.2, 0) is 14.3 Å². The summed E-state index contributed by atoms with van der Waals surface area (Å²) in [5.41, 5.74) is 10.8. The lowest BCUT2D eigenvalue weighted by Gasteiger charge is -2.40. The Morgan fingerprint density at radius 3 is 1.85 bits per heavy atom. The maximum Gasteiger partial charge on any atom is 0.323 e. The third-order valence-corrected chi connectivity index (χ3v) is 3.47. The highest BCUT2D eigenvalue weighted by molar-refractivity contribution is 5.84. The Morgan fingerprint density at radius 1 is 1.05 bits per heavy atom. The van der Waals surface area contributed by atoms with Gasteiger partial charge in [-0.25, -0.2) is 0 Å². The molecule has 5 heteroatoms. The molecule has 0 aliphatic carbocycles. The number of ether oxygens (including phenoxy) is 1. The topological polar surface area (TPSA) is 95.4 Å². The van der Waals surface area contributed by atoms with Gasteiger partial charge in [0.2, 0.25) is 5.91 Å². The predicted molar refractivity (Wildman–Crippen MR) is 79.8 cm³/mol. The Hall–Kier alpha value is -1.10. The van der Waals surface area contributed by atoms with Crippen LogP contribution in [0.1, 0.15) is 54.4 Å². The maximum absolute atomic E-state index is 11.6. The van der Waals surface area contributed by atoms with Crippen LogP contribution in [0.15, 0.2) is 0 Å². The molecule has 1 atom stereocenters. The molecule has 0 aliphatic rings. The molecule has 1 amide bonds. The Kier molecular flexibility index (Phi) is 6.68. The molecule has 0 saturated heterocycles. The lowest BCUT2D eigenvalue weighted by atomic mass is 9.65. The van der Waals surface area contributed by atoms with E-state index in [0.717, 1.165) is 6.42 Å². The first-order chi connectivity index (χ1) is 8.85. The van der Waals surface area contributed by atoms with E-state index in [9.17, 15) is 9.59 Å². The molecule has 0 aromatic carbocycles. The molecule has 0 radical (unpaired) electrons. The Morgan fingerprint density at radius 2 is 1.50 bits per heavy atom. The summed E-state index contributed by atoms with van der Waals surface area (Å²) in [5, 5.41) is 0. The minimum Gasteiger partial charge on any atom is -0.465 e. The van der Waals surface area contributed by atoms with E-state index in [-0.39, 0.29) is 17.3 Å². The van der Waals surface area contributed by atoms with Crippen LogP contribution in [0.3, 0.4) is 0 Å². The van der Waals surface area contributed by atoms with Gasteiger partial charge in [-0.1, -0.05) is 41.5 Å². The molecule has 1 unspecified atom stereocenters. The van der Waals surface area contributed by atoms with Crippen molar-refractivity contribution in [1.82, 2.24) is 0 Å². The van der Waals surface area contributed by atoms with Crippen LogP contribution in [0, 0.1) is 16.7 Å². The lowest BCUT2D eigenvalue weighted by molar-refractivity contribution is -0.147. The number of amides is 1. The molecule has 20 heavy (non-hydrogen) atoms. The summed E-state index contributed by atoms with van der Waals surface area (Å²) in [4.78, 5) is 22.3. The van der Waals surface area contributed by atoms with Gasteiger partial charge in [0.05, 0.1) is 13.0 Å². The van der Waals surface area contributed by atoms with E-state index in [1.165, 1.54) is 0 Å². The van der Waals surface area contributed by atoms with Gasteiger partial charge in [0.1, 0.15) is 6.04 Å². The summed E-state index contributed by atoms with van der Waals surface area (Å²) in [5.74, 6) is -0.766. The normalized spacial score (nSPS) is 14.2. The van der Waals surface area contributed by atoms with Crippen molar-refractivity contribution in [2.24, 2.45) is 28.2 Å². The zero-order valence-electron chi connectivity index (χ0n) is 13.7. The van der Waals surface area contributed by atoms with Crippen LogP contribution < -0.4 is 11.5 Å². The summed E-state index contributed by atoms with van der Waals surface area (Å²) in [6, 6.07) is -0.963. The molecule has 0 spiro atoms. The second-order valence-electron chi connectivity index (χ2n) is 7.52. The zero-order valence-corrected chi connectivity index (χ0v) is 13.7. The first kappa shape index (κ1) is 18.9. The first-order valence-corrected chi connectivity index (χ1v) is 7.06. The van der Waals surface area contributed by atoms with Gasteiger partial charge in [-0.15, -0.1) is 0 Å². The van der Waals surface area contributed by atoms with E-state index in [1.807, 2.05) is 0 Å². The number of carbonyl (C=O) groups is 2. The first-order valence-electron chi connectivity index (χ1n) is 7.06. The minimum absolute atomic E-state index is 0.125. The third-order valence-electron chi connectivity index (χ3n) is 3.47. The highest BCUT2D eigenvalue weighted by Crippen LogP contribution is 2.41. The van der Waals surface area contributed by atoms with E-state index >= 15 is 0 Å². The van der Waals surface area contributed by atoms with E-state index in [0.29, 0.717) is 12.5 Å². The number of carbonyl (C=O) groups excluding carboxylic acids is 2. The second-order valence-corrected chi connectivity index (χ2v) is 7.52. The fourth-order valence-corrected chi connectivity index (χ4v) is 2.85. The van der Waals surface area contributed by atoms with Crippen molar-refractivity contribution in [3.8, 4) is 0 Å². The van der Waals surface area contributed by atoms with E-state index in [4.69, 9.17) is 16.2 Å². The summed E-state index contributed by atoms with van der Waals surface area (Å²) < 4.78 is 5.15. The largest absolute Gasteiger partial charge is 0.465 e. The van der Waals surface area contributed by atoms with Crippen LogP contribution in [0.4, 0.5) is 0 Å². The van der Waals surface area contributed by atoms with Gasteiger partial charge in [0.25, 0.3) is 0 Å². The molecule has 0 heterocycles. The molecule has 0 aromatic heterocycles. The third kappa shape index (κ3) is 6.89. The Bertz CT molecular complexity index is 326. The van der Waals surface area contributed by atoms with Crippen molar-refractivity contribution in [3.63, 3.8) is 0 Å². The Labute approximate surface area is 122 Å². The quantitative estimate of drug-likeness (QED) is 0.728. The lowest BCUT2D eigenvalue weighted by Crippen LogP contribution is -2.38. The van der Waals surface area contributed by atoms with Crippen LogP contribution in [-0.4, -0.2) is 24.5 Å². The van der Waals surface area contributed by atoms with Crippen molar-refractivity contribution in [2.75, 3.05) is 6.61 Å². The molecule has 5 nitrogen and oxygen atoms in total. The number of hydrogen-bond donors (Lipinski definition) is 2. The molecule has 0 fully saturated rings. The number of hydrogen-bond acceptors (Lipinski definition) is 4. The summed E-state index contributed by atoms with van der Waals surface area (Å²) in [6.45, 7) is 13.4. The summed E-state index contributed by atoms with van der Waals surface area (Å²) in [7, 11) is 0. The van der Waals surface area contributed by atoms with Crippen molar-refractivity contribution < 1.29 is 14.3 Å². The molecule has 0 rings (SSSR count). The van der Waals surface area contributed by atoms with Gasteiger partial charge >= 0.3 is 5.97 Å². The number of esters is 1. The fraction of sp³-hybridized carbons (Fsp3) is 0.867. The monoisotopic (exact) mass is 286 g/mol. The second kappa shape index (κ2) is 7.07. The molecule has 0 saturated carbocycles. The van der Waals surface area contributed by atoms with Gasteiger partial charge in [-0.3, -0.25) is 9.59 Å². The standard InChI is InChI=1S/C15H30N2O3/c1-14(2,3)11(15(4,5)6)7-8-20-13(19)10(16)9-12(17)18/h10-11H,7-9,16H2,1-6H3,(H2,17,18). The van der Waals surface area contributed by atoms with Crippen LogP contribution in [0.25, 0.3) is 0 Å². The van der Waals surface area contributed by atoms with Crippen LogP contribution in [0.5, 0.6) is 0 Å². The zero-order chi connectivity index (χ0) is 16.1.